The summed E-state index contributed by atoms with van der Waals surface area (Å²) in [6, 6.07) is 3.85. The first-order valence-electron chi connectivity index (χ1n) is 5.96. The van der Waals surface area contributed by atoms with Crippen LogP contribution in [-0.4, -0.2) is 31.0 Å². The Kier molecular flexibility index (Phi) is 3.90. The number of aromatic nitrogens is 3. The summed E-state index contributed by atoms with van der Waals surface area (Å²) < 4.78 is 1.23. The number of benzene rings is 1. The quantitative estimate of drug-likeness (QED) is 0.686. The van der Waals surface area contributed by atoms with Gasteiger partial charge in [-0.05, 0) is 12.0 Å². The van der Waals surface area contributed by atoms with E-state index in [1.165, 1.54) is 22.9 Å². The van der Waals surface area contributed by atoms with Crippen LogP contribution in [0.1, 0.15) is 35.9 Å². The van der Waals surface area contributed by atoms with E-state index in [9.17, 15) is 14.9 Å². The molecule has 1 heterocycles. The number of aromatic carboxylic acids is 1. The van der Waals surface area contributed by atoms with E-state index in [1.54, 1.807) is 13.8 Å². The molecular weight excluding hydrogens is 300 g/mol. The lowest BCUT2D eigenvalue weighted by Gasteiger charge is -2.11. The van der Waals surface area contributed by atoms with E-state index in [1.807, 2.05) is 0 Å². The lowest BCUT2D eigenvalue weighted by molar-refractivity contribution is -0.384. The van der Waals surface area contributed by atoms with Crippen LogP contribution in [0.5, 0.6) is 0 Å². The van der Waals surface area contributed by atoms with Crippen molar-refractivity contribution in [3.8, 4) is 5.69 Å². The van der Waals surface area contributed by atoms with Gasteiger partial charge in [-0.15, -0.1) is 5.10 Å². The molecule has 110 valence electrons. The summed E-state index contributed by atoms with van der Waals surface area (Å²) in [5, 5.41) is 27.6. The largest absolute Gasteiger partial charge is 0.476 e. The predicted octanol–water partition coefficient (Wildman–Crippen LogP) is 2.65. The van der Waals surface area contributed by atoms with Crippen LogP contribution in [0, 0.1) is 10.1 Å². The number of nitro groups is 1. The lowest BCUT2D eigenvalue weighted by Crippen LogP contribution is -2.09. The predicted molar refractivity (Wildman–Crippen MR) is 74.1 cm³/mol. The third-order valence-electron chi connectivity index (χ3n) is 2.82. The normalized spacial score (nSPS) is 10.9. The number of nitrogens with zero attached hydrogens (tertiary/aromatic N) is 4. The molecule has 0 radical (unpaired) electrons. The lowest BCUT2D eigenvalue weighted by atomic mass is 10.1. The first-order valence-corrected chi connectivity index (χ1v) is 6.34. The van der Waals surface area contributed by atoms with Gasteiger partial charge in [-0.2, -0.15) is 0 Å². The summed E-state index contributed by atoms with van der Waals surface area (Å²) in [4.78, 5) is 21.5. The van der Waals surface area contributed by atoms with E-state index in [2.05, 4.69) is 10.3 Å². The fraction of sp³-hybridized carbons (Fsp3) is 0.250. The van der Waals surface area contributed by atoms with Gasteiger partial charge in [0.05, 0.1) is 21.3 Å². The SMILES string of the molecule is CC(C)c1c(C(=O)O)nnn1-c1cc([N+](=O)[O-])ccc1Cl. The van der Waals surface area contributed by atoms with Crippen LogP contribution in [0.2, 0.25) is 5.02 Å². The molecule has 0 bridgehead atoms. The monoisotopic (exact) mass is 310 g/mol. The van der Waals surface area contributed by atoms with Gasteiger partial charge in [0.2, 0.25) is 0 Å². The smallest absolute Gasteiger partial charge is 0.358 e. The summed E-state index contributed by atoms with van der Waals surface area (Å²) in [6.45, 7) is 3.54. The van der Waals surface area contributed by atoms with Crippen molar-refractivity contribution in [2.75, 3.05) is 0 Å². The van der Waals surface area contributed by atoms with Crippen molar-refractivity contribution in [2.24, 2.45) is 0 Å². The molecular formula is C12H11ClN4O4. The molecule has 0 saturated carbocycles. The highest BCUT2D eigenvalue weighted by Crippen LogP contribution is 2.29. The van der Waals surface area contributed by atoms with Crippen molar-refractivity contribution in [2.45, 2.75) is 19.8 Å². The van der Waals surface area contributed by atoms with E-state index in [4.69, 9.17) is 16.7 Å². The van der Waals surface area contributed by atoms with E-state index < -0.39 is 10.9 Å². The minimum atomic E-state index is -1.22. The standard InChI is InChI=1S/C12H11ClN4O4/c1-6(2)11-10(12(18)19)14-15-16(11)9-5-7(17(20)21)3-4-8(9)13/h3-6H,1-2H3,(H,18,19). The van der Waals surface area contributed by atoms with E-state index >= 15 is 0 Å². The number of carbonyl (C=O) groups is 1. The minimum absolute atomic E-state index is 0.170. The Labute approximate surface area is 124 Å². The molecule has 0 amide bonds. The highest BCUT2D eigenvalue weighted by atomic mass is 35.5. The van der Waals surface area contributed by atoms with Crippen LogP contribution < -0.4 is 0 Å². The number of carboxylic acids is 1. The molecule has 1 aromatic heterocycles. The van der Waals surface area contributed by atoms with Crippen LogP contribution in [0.25, 0.3) is 5.69 Å². The van der Waals surface area contributed by atoms with Crippen LogP contribution >= 0.6 is 11.6 Å². The number of non-ortho nitro benzene ring substituents is 1. The number of hydrogen-bond donors (Lipinski definition) is 1. The highest BCUT2D eigenvalue weighted by Gasteiger charge is 2.24. The Morgan fingerprint density at radius 1 is 1.48 bits per heavy atom. The van der Waals surface area contributed by atoms with Gasteiger partial charge in [-0.1, -0.05) is 30.7 Å². The molecule has 2 rings (SSSR count). The average molecular weight is 311 g/mol. The van der Waals surface area contributed by atoms with Gasteiger partial charge < -0.3 is 5.11 Å². The van der Waals surface area contributed by atoms with Gasteiger partial charge in [0.1, 0.15) is 0 Å². The second-order valence-electron chi connectivity index (χ2n) is 4.59. The highest BCUT2D eigenvalue weighted by molar-refractivity contribution is 6.32. The average Bonchev–Trinajstić information content (AvgIpc) is 2.83. The number of nitro benzene ring substituents is 1. The molecule has 0 fully saturated rings. The Hall–Kier alpha value is -2.48. The van der Waals surface area contributed by atoms with Crippen LogP contribution in [0.4, 0.5) is 5.69 Å². The fourth-order valence-electron chi connectivity index (χ4n) is 1.91. The Bertz CT molecular complexity index is 726. The number of carboxylic acid groups (broad SMARTS) is 1. The second-order valence-corrected chi connectivity index (χ2v) is 4.99. The van der Waals surface area contributed by atoms with E-state index in [-0.39, 0.29) is 28.0 Å². The van der Waals surface area contributed by atoms with Crippen LogP contribution in [0.3, 0.4) is 0 Å². The fourth-order valence-corrected chi connectivity index (χ4v) is 2.11. The molecule has 2 aromatic rings. The van der Waals surface area contributed by atoms with Gasteiger partial charge >= 0.3 is 5.97 Å². The van der Waals surface area contributed by atoms with Gasteiger partial charge in [-0.25, -0.2) is 9.48 Å². The molecule has 21 heavy (non-hydrogen) atoms. The van der Waals surface area contributed by atoms with Crippen LogP contribution in [-0.2, 0) is 0 Å². The minimum Gasteiger partial charge on any atom is -0.476 e. The van der Waals surface area contributed by atoms with Crippen molar-refractivity contribution < 1.29 is 14.8 Å². The van der Waals surface area contributed by atoms with Gasteiger partial charge in [0, 0.05) is 12.1 Å². The molecule has 0 aliphatic rings. The van der Waals surface area contributed by atoms with Crippen molar-refractivity contribution in [1.29, 1.82) is 0 Å². The maximum atomic E-state index is 11.2. The van der Waals surface area contributed by atoms with Gasteiger partial charge in [-0.3, -0.25) is 10.1 Å². The topological polar surface area (TPSA) is 111 Å². The zero-order valence-electron chi connectivity index (χ0n) is 11.1. The summed E-state index contributed by atoms with van der Waals surface area (Å²) in [5.41, 5.74) is 0.170. The molecule has 0 saturated heterocycles. The third-order valence-corrected chi connectivity index (χ3v) is 3.14. The number of halogens is 1. The Morgan fingerprint density at radius 3 is 2.67 bits per heavy atom. The molecule has 1 N–H and O–H groups in total. The zero-order valence-corrected chi connectivity index (χ0v) is 11.9. The van der Waals surface area contributed by atoms with Gasteiger partial charge in [0.25, 0.3) is 5.69 Å². The van der Waals surface area contributed by atoms with Crippen molar-refractivity contribution in [3.63, 3.8) is 0 Å². The summed E-state index contributed by atoms with van der Waals surface area (Å²) in [5.74, 6) is -1.42. The van der Waals surface area contributed by atoms with Crippen molar-refractivity contribution in [3.05, 3.63) is 44.7 Å². The van der Waals surface area contributed by atoms with Crippen molar-refractivity contribution >= 4 is 23.3 Å². The Balaban J connectivity index is 2.70. The number of rotatable bonds is 4. The first-order chi connectivity index (χ1) is 9.82. The number of hydrogen-bond acceptors (Lipinski definition) is 5. The van der Waals surface area contributed by atoms with E-state index in [0.717, 1.165) is 0 Å². The van der Waals surface area contributed by atoms with Crippen molar-refractivity contribution in [1.82, 2.24) is 15.0 Å². The summed E-state index contributed by atoms with van der Waals surface area (Å²) >= 11 is 6.04. The van der Waals surface area contributed by atoms with E-state index in [0.29, 0.717) is 5.69 Å². The summed E-state index contributed by atoms with van der Waals surface area (Å²) in [6.07, 6.45) is 0. The van der Waals surface area contributed by atoms with Crippen LogP contribution in [0.15, 0.2) is 18.2 Å². The molecule has 9 heteroatoms. The summed E-state index contributed by atoms with van der Waals surface area (Å²) in [7, 11) is 0. The first kappa shape index (κ1) is 14.9. The maximum absolute atomic E-state index is 11.2. The zero-order chi connectivity index (χ0) is 15.7. The molecule has 0 aliphatic carbocycles. The van der Waals surface area contributed by atoms with Gasteiger partial charge in [0.15, 0.2) is 5.69 Å². The second kappa shape index (κ2) is 5.49. The molecule has 1 aromatic carbocycles. The molecule has 0 aliphatic heterocycles. The third kappa shape index (κ3) is 2.70. The molecule has 8 nitrogen and oxygen atoms in total. The molecule has 0 spiro atoms. The molecule has 0 atom stereocenters. The molecule has 0 unspecified atom stereocenters. The Morgan fingerprint density at radius 2 is 2.14 bits per heavy atom. The maximum Gasteiger partial charge on any atom is 0.358 e.